The highest BCUT2D eigenvalue weighted by atomic mass is 16.5. The van der Waals surface area contributed by atoms with Crippen LogP contribution in [-0.4, -0.2) is 44.6 Å². The Morgan fingerprint density at radius 3 is 2.79 bits per heavy atom. The van der Waals surface area contributed by atoms with E-state index in [4.69, 9.17) is 10.5 Å². The molecule has 0 saturated heterocycles. The molecule has 3 aromatic rings. The number of carbonyl (C=O) groups excluding carboxylic acids is 2. The number of rotatable bonds is 7. The monoisotopic (exact) mass is 385 g/mol. The van der Waals surface area contributed by atoms with E-state index in [2.05, 4.69) is 25.6 Å². The van der Waals surface area contributed by atoms with Gasteiger partial charge in [0.15, 0.2) is 11.2 Å². The van der Waals surface area contributed by atoms with Crippen LogP contribution in [0.3, 0.4) is 0 Å². The third-order valence-electron chi connectivity index (χ3n) is 3.69. The van der Waals surface area contributed by atoms with Crippen LogP contribution in [0.5, 0.6) is 0 Å². The van der Waals surface area contributed by atoms with Crippen molar-refractivity contribution in [1.29, 1.82) is 0 Å². The van der Waals surface area contributed by atoms with Gasteiger partial charge < -0.3 is 20.4 Å². The SMILES string of the molecule is NCCNC(=O)Cn1cnc2c(=O)[nH]c(NC(=O)OCc3ccccc3)nc21. The average molecular weight is 385 g/mol. The van der Waals surface area contributed by atoms with Crippen molar-refractivity contribution >= 4 is 29.1 Å². The molecule has 0 fully saturated rings. The van der Waals surface area contributed by atoms with E-state index in [-0.39, 0.29) is 36.2 Å². The van der Waals surface area contributed by atoms with Gasteiger partial charge >= 0.3 is 6.09 Å². The molecule has 0 bridgehead atoms. The molecule has 0 radical (unpaired) electrons. The zero-order chi connectivity index (χ0) is 19.9. The molecule has 146 valence electrons. The second kappa shape index (κ2) is 8.77. The van der Waals surface area contributed by atoms with E-state index in [0.717, 1.165) is 5.56 Å². The predicted octanol–water partition coefficient (Wildman–Crippen LogP) is -0.0568. The van der Waals surface area contributed by atoms with Crippen LogP contribution in [0.4, 0.5) is 10.7 Å². The number of hydrogen-bond donors (Lipinski definition) is 4. The Morgan fingerprint density at radius 1 is 1.25 bits per heavy atom. The molecule has 0 aliphatic rings. The lowest BCUT2D eigenvalue weighted by Crippen LogP contribution is -2.31. The van der Waals surface area contributed by atoms with E-state index in [1.54, 1.807) is 0 Å². The first-order chi connectivity index (χ1) is 13.6. The minimum absolute atomic E-state index is 0.0508. The van der Waals surface area contributed by atoms with E-state index in [0.29, 0.717) is 13.1 Å². The number of anilines is 1. The summed E-state index contributed by atoms with van der Waals surface area (Å²) in [6, 6.07) is 9.14. The molecule has 2 aromatic heterocycles. The lowest BCUT2D eigenvalue weighted by atomic mass is 10.2. The van der Waals surface area contributed by atoms with E-state index in [1.165, 1.54) is 10.9 Å². The van der Waals surface area contributed by atoms with Crippen molar-refractivity contribution in [2.24, 2.45) is 5.73 Å². The Kier molecular flexibility index (Phi) is 5.97. The van der Waals surface area contributed by atoms with Crippen molar-refractivity contribution in [2.75, 3.05) is 18.4 Å². The van der Waals surface area contributed by atoms with Crippen molar-refractivity contribution in [3.8, 4) is 0 Å². The van der Waals surface area contributed by atoms with Gasteiger partial charge in [-0.05, 0) is 5.56 Å². The zero-order valence-electron chi connectivity index (χ0n) is 14.8. The first-order valence-corrected chi connectivity index (χ1v) is 8.46. The number of imidazole rings is 1. The summed E-state index contributed by atoms with van der Waals surface area (Å²) in [5, 5.41) is 4.98. The topological polar surface area (TPSA) is 157 Å². The van der Waals surface area contributed by atoms with Crippen LogP contribution in [0.1, 0.15) is 5.56 Å². The molecule has 11 heteroatoms. The molecule has 1 aromatic carbocycles. The molecule has 28 heavy (non-hydrogen) atoms. The molecule has 3 rings (SSSR count). The number of nitrogens with one attached hydrogen (secondary N) is 3. The van der Waals surface area contributed by atoms with Gasteiger partial charge in [0.25, 0.3) is 5.56 Å². The van der Waals surface area contributed by atoms with Crippen molar-refractivity contribution in [2.45, 2.75) is 13.2 Å². The minimum Gasteiger partial charge on any atom is -0.444 e. The quantitative estimate of drug-likeness (QED) is 0.444. The smallest absolute Gasteiger partial charge is 0.414 e. The molecule has 11 nitrogen and oxygen atoms in total. The summed E-state index contributed by atoms with van der Waals surface area (Å²) in [4.78, 5) is 46.5. The van der Waals surface area contributed by atoms with Crippen LogP contribution in [0.15, 0.2) is 41.5 Å². The highest BCUT2D eigenvalue weighted by Crippen LogP contribution is 2.08. The number of H-pyrrole nitrogens is 1. The summed E-state index contributed by atoms with van der Waals surface area (Å²) in [6.07, 6.45) is 0.546. The number of carbonyl (C=O) groups is 2. The third-order valence-corrected chi connectivity index (χ3v) is 3.69. The molecular formula is C17H19N7O4. The molecule has 5 N–H and O–H groups in total. The minimum atomic E-state index is -0.780. The average Bonchev–Trinajstić information content (AvgIpc) is 3.09. The van der Waals surface area contributed by atoms with E-state index < -0.39 is 11.7 Å². The Bertz CT molecular complexity index is 1030. The third kappa shape index (κ3) is 4.71. The maximum atomic E-state index is 12.2. The molecule has 2 heterocycles. The maximum Gasteiger partial charge on any atom is 0.414 e. The number of aromatic nitrogens is 4. The normalized spacial score (nSPS) is 10.6. The van der Waals surface area contributed by atoms with Crippen LogP contribution in [0.25, 0.3) is 11.2 Å². The van der Waals surface area contributed by atoms with E-state index >= 15 is 0 Å². The Morgan fingerprint density at radius 2 is 2.04 bits per heavy atom. The molecule has 0 aliphatic heterocycles. The fourth-order valence-electron chi connectivity index (χ4n) is 2.41. The summed E-state index contributed by atoms with van der Waals surface area (Å²) in [5.74, 6) is -0.414. The number of nitrogens with two attached hydrogens (primary N) is 1. The number of nitrogens with zero attached hydrogens (tertiary/aromatic N) is 3. The summed E-state index contributed by atoms with van der Waals surface area (Å²) < 4.78 is 6.49. The van der Waals surface area contributed by atoms with Crippen molar-refractivity contribution < 1.29 is 14.3 Å². The number of amides is 2. The van der Waals surface area contributed by atoms with Crippen LogP contribution >= 0.6 is 0 Å². The van der Waals surface area contributed by atoms with Crippen molar-refractivity contribution in [1.82, 2.24) is 24.8 Å². The number of ether oxygens (including phenoxy) is 1. The van der Waals surface area contributed by atoms with E-state index in [1.807, 2.05) is 30.3 Å². The van der Waals surface area contributed by atoms with Gasteiger partial charge in [-0.2, -0.15) is 4.98 Å². The summed E-state index contributed by atoms with van der Waals surface area (Å²) in [5.41, 5.74) is 5.82. The Labute approximate surface area is 158 Å². The number of aromatic amines is 1. The van der Waals surface area contributed by atoms with Gasteiger partial charge in [-0.15, -0.1) is 0 Å². The van der Waals surface area contributed by atoms with Crippen molar-refractivity contribution in [3.63, 3.8) is 0 Å². The fraction of sp³-hybridized carbons (Fsp3) is 0.235. The van der Waals surface area contributed by atoms with Gasteiger partial charge in [-0.3, -0.25) is 19.9 Å². The van der Waals surface area contributed by atoms with Crippen LogP contribution in [-0.2, 0) is 22.7 Å². The van der Waals surface area contributed by atoms with Gasteiger partial charge in [0, 0.05) is 13.1 Å². The number of fused-ring (bicyclic) bond motifs is 1. The highest BCUT2D eigenvalue weighted by molar-refractivity contribution is 5.84. The van der Waals surface area contributed by atoms with Crippen molar-refractivity contribution in [3.05, 3.63) is 52.6 Å². The molecule has 0 atom stereocenters. The van der Waals surface area contributed by atoms with Gasteiger partial charge in [0.2, 0.25) is 11.9 Å². The Balaban J connectivity index is 1.71. The summed E-state index contributed by atoms with van der Waals surface area (Å²) >= 11 is 0. The molecule has 0 unspecified atom stereocenters. The standard InChI is InChI=1S/C17H19N7O4/c18-6-7-19-12(25)8-24-10-20-13-14(24)21-16(22-15(13)26)23-17(27)28-9-11-4-2-1-3-5-11/h1-5,10H,6-9,18H2,(H,19,25)(H2,21,22,23,26,27). The predicted molar refractivity (Wildman–Crippen MR) is 100 cm³/mol. The molecular weight excluding hydrogens is 366 g/mol. The van der Waals surface area contributed by atoms with Crippen LogP contribution < -0.4 is 21.9 Å². The van der Waals surface area contributed by atoms with Crippen LogP contribution in [0.2, 0.25) is 0 Å². The Hall–Kier alpha value is -3.73. The molecule has 2 amide bonds. The van der Waals surface area contributed by atoms with Gasteiger partial charge in [0.1, 0.15) is 13.2 Å². The second-order valence-corrected chi connectivity index (χ2v) is 5.78. The number of hydrogen-bond acceptors (Lipinski definition) is 7. The zero-order valence-corrected chi connectivity index (χ0v) is 14.8. The highest BCUT2D eigenvalue weighted by Gasteiger charge is 2.14. The molecule has 0 saturated carbocycles. The number of benzene rings is 1. The summed E-state index contributed by atoms with van der Waals surface area (Å²) in [6.45, 7) is 0.621. The lowest BCUT2D eigenvalue weighted by Gasteiger charge is -2.07. The maximum absolute atomic E-state index is 12.2. The second-order valence-electron chi connectivity index (χ2n) is 5.78. The fourth-order valence-corrected chi connectivity index (χ4v) is 2.41. The first kappa shape index (κ1) is 19.0. The van der Waals surface area contributed by atoms with Gasteiger partial charge in [-0.1, -0.05) is 30.3 Å². The largest absolute Gasteiger partial charge is 0.444 e. The molecule has 0 spiro atoms. The van der Waals surface area contributed by atoms with Gasteiger partial charge in [-0.25, -0.2) is 9.78 Å². The first-order valence-electron chi connectivity index (χ1n) is 8.46. The van der Waals surface area contributed by atoms with Gasteiger partial charge in [0.05, 0.1) is 6.33 Å². The summed E-state index contributed by atoms with van der Waals surface area (Å²) in [7, 11) is 0. The van der Waals surface area contributed by atoms with Crippen LogP contribution in [0, 0.1) is 0 Å². The van der Waals surface area contributed by atoms with E-state index in [9.17, 15) is 14.4 Å². The molecule has 0 aliphatic carbocycles. The lowest BCUT2D eigenvalue weighted by molar-refractivity contribution is -0.121.